The largest absolute Gasteiger partial charge is 0.394 e. The number of likely N-dealkylation sites (tertiary alicyclic amines) is 1. The van der Waals surface area contributed by atoms with Crippen LogP contribution in [0.5, 0.6) is 0 Å². The Morgan fingerprint density at radius 2 is 2.18 bits per heavy atom. The number of likely N-dealkylation sites (N-methyl/N-ethyl adjacent to an activating group) is 1. The summed E-state index contributed by atoms with van der Waals surface area (Å²) in [4.78, 5) is 2.56. The minimum atomic E-state index is -0.0996. The molecule has 1 heterocycles. The van der Waals surface area contributed by atoms with Crippen molar-refractivity contribution in [3.8, 4) is 0 Å². The van der Waals surface area contributed by atoms with Gasteiger partial charge in [0, 0.05) is 12.1 Å². The molecular weight excluding hydrogens is 212 g/mol. The fourth-order valence-corrected chi connectivity index (χ4v) is 2.81. The molecule has 0 aromatic heterocycles. The highest BCUT2D eigenvalue weighted by atomic mass is 16.3. The van der Waals surface area contributed by atoms with Gasteiger partial charge in [-0.3, -0.25) is 0 Å². The molecule has 0 spiro atoms. The highest BCUT2D eigenvalue weighted by Gasteiger charge is 2.26. The van der Waals surface area contributed by atoms with Gasteiger partial charge in [0.05, 0.1) is 6.61 Å². The molecule has 3 heteroatoms. The van der Waals surface area contributed by atoms with Crippen molar-refractivity contribution in [2.45, 2.75) is 52.0 Å². The Morgan fingerprint density at radius 1 is 1.41 bits per heavy atom. The summed E-state index contributed by atoms with van der Waals surface area (Å²) >= 11 is 0. The average molecular weight is 242 g/mol. The van der Waals surface area contributed by atoms with Gasteiger partial charge in [-0.2, -0.15) is 0 Å². The average Bonchev–Trinajstić information content (AvgIpc) is 2.75. The molecule has 0 saturated carbocycles. The Kier molecular flexibility index (Phi) is 6.45. The van der Waals surface area contributed by atoms with Gasteiger partial charge >= 0.3 is 0 Å². The first-order chi connectivity index (χ1) is 8.13. The number of hydrogen-bond donors (Lipinski definition) is 2. The van der Waals surface area contributed by atoms with Crippen LogP contribution < -0.4 is 5.32 Å². The number of nitrogens with zero attached hydrogens (tertiary/aromatic N) is 1. The molecule has 2 N–H and O–H groups in total. The Bertz CT molecular complexity index is 210. The first-order valence-corrected chi connectivity index (χ1v) is 7.21. The van der Waals surface area contributed by atoms with Crippen LogP contribution in [0.1, 0.15) is 46.5 Å². The van der Waals surface area contributed by atoms with Gasteiger partial charge in [-0.05, 0) is 51.7 Å². The van der Waals surface area contributed by atoms with Gasteiger partial charge in [-0.1, -0.05) is 20.3 Å². The molecule has 1 aliphatic rings. The van der Waals surface area contributed by atoms with Crippen molar-refractivity contribution in [1.82, 2.24) is 10.2 Å². The molecule has 2 unspecified atom stereocenters. The normalized spacial score (nSPS) is 25.1. The topological polar surface area (TPSA) is 35.5 Å². The van der Waals surface area contributed by atoms with Crippen LogP contribution in [-0.2, 0) is 0 Å². The zero-order chi connectivity index (χ0) is 12.7. The standard InChI is InChI=1S/C14H30N2O/c1-4-6-13-7-9-16(11-13)10-8-14(3,12-17)15-5-2/h13,15,17H,4-12H2,1-3H3. The molecule has 0 amide bonds. The maximum atomic E-state index is 9.45. The lowest BCUT2D eigenvalue weighted by Crippen LogP contribution is -2.47. The van der Waals surface area contributed by atoms with E-state index in [4.69, 9.17) is 0 Å². The zero-order valence-electron chi connectivity index (χ0n) is 11.8. The van der Waals surface area contributed by atoms with Gasteiger partial charge in [0.1, 0.15) is 0 Å². The van der Waals surface area contributed by atoms with Gasteiger partial charge in [0.15, 0.2) is 0 Å². The van der Waals surface area contributed by atoms with Crippen LogP contribution >= 0.6 is 0 Å². The molecule has 0 aliphatic carbocycles. The summed E-state index contributed by atoms with van der Waals surface area (Å²) in [5.74, 6) is 0.916. The minimum absolute atomic E-state index is 0.0996. The second-order valence-electron chi connectivity index (χ2n) is 5.74. The lowest BCUT2D eigenvalue weighted by molar-refractivity contribution is 0.152. The van der Waals surface area contributed by atoms with E-state index in [1.807, 2.05) is 0 Å². The van der Waals surface area contributed by atoms with Gasteiger partial charge < -0.3 is 15.3 Å². The number of aliphatic hydroxyl groups is 1. The molecule has 0 aromatic carbocycles. The van der Waals surface area contributed by atoms with Gasteiger partial charge in [-0.25, -0.2) is 0 Å². The van der Waals surface area contributed by atoms with Crippen LogP contribution in [0.25, 0.3) is 0 Å². The molecule has 1 saturated heterocycles. The maximum absolute atomic E-state index is 9.45. The van der Waals surface area contributed by atoms with E-state index in [0.29, 0.717) is 0 Å². The fourth-order valence-electron chi connectivity index (χ4n) is 2.81. The predicted octanol–water partition coefficient (Wildman–Crippen LogP) is 1.86. The monoisotopic (exact) mass is 242 g/mol. The summed E-state index contributed by atoms with van der Waals surface area (Å²) < 4.78 is 0. The quantitative estimate of drug-likeness (QED) is 0.682. The minimum Gasteiger partial charge on any atom is -0.394 e. The van der Waals surface area contributed by atoms with Crippen molar-refractivity contribution in [2.75, 3.05) is 32.8 Å². The number of aliphatic hydroxyl groups excluding tert-OH is 1. The van der Waals surface area contributed by atoms with Crippen molar-refractivity contribution >= 4 is 0 Å². The second kappa shape index (κ2) is 7.34. The van der Waals surface area contributed by atoms with Crippen LogP contribution in [0.3, 0.4) is 0 Å². The Morgan fingerprint density at radius 3 is 2.76 bits per heavy atom. The molecule has 17 heavy (non-hydrogen) atoms. The van der Waals surface area contributed by atoms with E-state index in [2.05, 4.69) is 31.0 Å². The molecule has 102 valence electrons. The van der Waals surface area contributed by atoms with E-state index in [1.54, 1.807) is 0 Å². The highest BCUT2D eigenvalue weighted by Crippen LogP contribution is 2.22. The first-order valence-electron chi connectivity index (χ1n) is 7.21. The molecule has 0 bridgehead atoms. The van der Waals surface area contributed by atoms with Crippen molar-refractivity contribution in [3.05, 3.63) is 0 Å². The SMILES string of the molecule is CCCC1CCN(CCC(C)(CO)NCC)C1. The predicted molar refractivity (Wildman–Crippen MR) is 73.2 cm³/mol. The van der Waals surface area contributed by atoms with Crippen LogP contribution in [0.4, 0.5) is 0 Å². The number of rotatable bonds is 8. The summed E-state index contributed by atoms with van der Waals surface area (Å²) in [6.45, 7) is 11.3. The van der Waals surface area contributed by atoms with Crippen molar-refractivity contribution in [1.29, 1.82) is 0 Å². The lowest BCUT2D eigenvalue weighted by Gasteiger charge is -2.30. The Hall–Kier alpha value is -0.120. The van der Waals surface area contributed by atoms with E-state index in [1.165, 1.54) is 32.4 Å². The molecule has 1 aliphatic heterocycles. The number of hydrogen-bond acceptors (Lipinski definition) is 3. The second-order valence-corrected chi connectivity index (χ2v) is 5.74. The molecule has 3 nitrogen and oxygen atoms in total. The van der Waals surface area contributed by atoms with Crippen LogP contribution in [-0.4, -0.2) is 48.3 Å². The summed E-state index contributed by atoms with van der Waals surface area (Å²) in [5.41, 5.74) is -0.0996. The summed E-state index contributed by atoms with van der Waals surface area (Å²) in [6, 6.07) is 0. The van der Waals surface area contributed by atoms with Crippen molar-refractivity contribution < 1.29 is 5.11 Å². The maximum Gasteiger partial charge on any atom is 0.0611 e. The van der Waals surface area contributed by atoms with Crippen molar-refractivity contribution in [3.63, 3.8) is 0 Å². The summed E-state index contributed by atoms with van der Waals surface area (Å²) in [6.07, 6.45) is 5.09. The molecular formula is C14H30N2O. The third-order valence-electron chi connectivity index (χ3n) is 4.00. The third-order valence-corrected chi connectivity index (χ3v) is 4.00. The van der Waals surface area contributed by atoms with Crippen LogP contribution in [0, 0.1) is 5.92 Å². The molecule has 1 rings (SSSR count). The third kappa shape index (κ3) is 4.94. The van der Waals surface area contributed by atoms with E-state index >= 15 is 0 Å². The molecule has 0 aromatic rings. The Balaban J connectivity index is 2.26. The van der Waals surface area contributed by atoms with E-state index in [0.717, 1.165) is 25.4 Å². The zero-order valence-corrected chi connectivity index (χ0v) is 11.8. The first kappa shape index (κ1) is 14.9. The lowest BCUT2D eigenvalue weighted by atomic mass is 9.98. The van der Waals surface area contributed by atoms with E-state index < -0.39 is 0 Å². The fraction of sp³-hybridized carbons (Fsp3) is 1.00. The van der Waals surface area contributed by atoms with Gasteiger partial charge in [0.2, 0.25) is 0 Å². The van der Waals surface area contributed by atoms with Crippen LogP contribution in [0.2, 0.25) is 0 Å². The number of nitrogens with one attached hydrogen (secondary N) is 1. The highest BCUT2D eigenvalue weighted by molar-refractivity contribution is 4.84. The molecule has 0 radical (unpaired) electrons. The Labute approximate surface area is 107 Å². The summed E-state index contributed by atoms with van der Waals surface area (Å²) in [7, 11) is 0. The molecule has 1 fully saturated rings. The van der Waals surface area contributed by atoms with E-state index in [-0.39, 0.29) is 12.1 Å². The van der Waals surface area contributed by atoms with Gasteiger partial charge in [-0.15, -0.1) is 0 Å². The van der Waals surface area contributed by atoms with E-state index in [9.17, 15) is 5.11 Å². The van der Waals surface area contributed by atoms with Gasteiger partial charge in [0.25, 0.3) is 0 Å². The van der Waals surface area contributed by atoms with Crippen molar-refractivity contribution in [2.24, 2.45) is 5.92 Å². The molecule has 2 atom stereocenters. The van der Waals surface area contributed by atoms with Crippen LogP contribution in [0.15, 0.2) is 0 Å². The smallest absolute Gasteiger partial charge is 0.0611 e. The summed E-state index contributed by atoms with van der Waals surface area (Å²) in [5, 5.41) is 12.8.